The molecule has 0 aliphatic carbocycles. The second-order valence-corrected chi connectivity index (χ2v) is 7.38. The molecule has 34 heavy (non-hydrogen) atoms. The molecule has 0 atom stereocenters. The minimum absolute atomic E-state index is 0.248. The molecular formula is C25H26N4O5. The van der Waals surface area contributed by atoms with E-state index in [-0.39, 0.29) is 12.6 Å². The standard InChI is InChI=1S/C25H26N4O5/c1-3-32-25-28-22-15-18-8-11-20(23(30)31-2)21(14-18)34-13-5-4-12-33-19-9-6-17(7-10-19)16-26-24(27-22)29-25/h4-11,14H,3,12-13,15-16H2,1-2H3,(H,26,27,28,29). The molecule has 2 aromatic carbocycles. The molecule has 0 radical (unpaired) electrons. The van der Waals surface area contributed by atoms with Crippen LogP contribution in [0, 0.1) is 0 Å². The van der Waals surface area contributed by atoms with E-state index in [0.29, 0.717) is 49.3 Å². The van der Waals surface area contributed by atoms with Gasteiger partial charge in [-0.1, -0.05) is 18.2 Å². The van der Waals surface area contributed by atoms with Gasteiger partial charge in [0.25, 0.3) is 0 Å². The number of nitrogens with zero attached hydrogens (tertiary/aromatic N) is 3. The smallest absolute Gasteiger partial charge is 0.341 e. The van der Waals surface area contributed by atoms with Crippen molar-refractivity contribution in [3.8, 4) is 17.5 Å². The van der Waals surface area contributed by atoms with Gasteiger partial charge in [-0.2, -0.15) is 15.0 Å². The molecular weight excluding hydrogens is 436 g/mol. The van der Waals surface area contributed by atoms with E-state index in [1.807, 2.05) is 49.4 Å². The first-order valence-corrected chi connectivity index (χ1v) is 11.0. The number of benzene rings is 2. The molecule has 2 aliphatic rings. The van der Waals surface area contributed by atoms with Crippen molar-refractivity contribution < 1.29 is 23.7 Å². The van der Waals surface area contributed by atoms with Crippen LogP contribution in [0.25, 0.3) is 0 Å². The van der Waals surface area contributed by atoms with Crippen LogP contribution in [0.2, 0.25) is 0 Å². The molecule has 6 bridgehead atoms. The summed E-state index contributed by atoms with van der Waals surface area (Å²) in [6.07, 6.45) is 4.10. The number of aromatic nitrogens is 3. The Morgan fingerprint density at radius 3 is 2.53 bits per heavy atom. The van der Waals surface area contributed by atoms with Crippen LogP contribution in [0.4, 0.5) is 5.95 Å². The van der Waals surface area contributed by atoms with Crippen molar-refractivity contribution in [1.29, 1.82) is 0 Å². The van der Waals surface area contributed by atoms with Crippen LogP contribution in [0.1, 0.15) is 34.2 Å². The number of anilines is 1. The van der Waals surface area contributed by atoms with Crippen LogP contribution in [0.5, 0.6) is 17.5 Å². The molecule has 9 nitrogen and oxygen atoms in total. The molecule has 176 valence electrons. The molecule has 9 heteroatoms. The van der Waals surface area contributed by atoms with E-state index < -0.39 is 5.97 Å². The molecule has 2 aliphatic heterocycles. The van der Waals surface area contributed by atoms with Gasteiger partial charge in [0, 0.05) is 13.0 Å². The van der Waals surface area contributed by atoms with E-state index in [1.165, 1.54) is 7.11 Å². The van der Waals surface area contributed by atoms with E-state index in [1.54, 1.807) is 12.1 Å². The maximum atomic E-state index is 12.2. The molecule has 3 aromatic rings. The second-order valence-electron chi connectivity index (χ2n) is 7.38. The van der Waals surface area contributed by atoms with Gasteiger partial charge in [-0.15, -0.1) is 0 Å². The van der Waals surface area contributed by atoms with Crippen molar-refractivity contribution in [3.63, 3.8) is 0 Å². The summed E-state index contributed by atoms with van der Waals surface area (Å²) in [4.78, 5) is 25.5. The van der Waals surface area contributed by atoms with Crippen LogP contribution < -0.4 is 19.5 Å². The summed E-state index contributed by atoms with van der Waals surface area (Å²) in [6.45, 7) is 3.50. The van der Waals surface area contributed by atoms with Crippen molar-refractivity contribution in [2.24, 2.45) is 0 Å². The van der Waals surface area contributed by atoms with Gasteiger partial charge in [0.2, 0.25) is 5.95 Å². The average molecular weight is 463 g/mol. The number of rotatable bonds is 3. The maximum absolute atomic E-state index is 12.2. The summed E-state index contributed by atoms with van der Waals surface area (Å²) in [6, 6.07) is 13.3. The molecule has 0 saturated heterocycles. The Bertz CT molecular complexity index is 1160. The van der Waals surface area contributed by atoms with Crippen molar-refractivity contribution in [2.75, 3.05) is 32.2 Å². The van der Waals surface area contributed by atoms with Gasteiger partial charge in [0.15, 0.2) is 0 Å². The van der Waals surface area contributed by atoms with Gasteiger partial charge in [0.1, 0.15) is 36.1 Å². The topological polar surface area (TPSA) is 105 Å². The zero-order chi connectivity index (χ0) is 23.8. The largest absolute Gasteiger partial charge is 0.490 e. The number of esters is 1. The zero-order valence-electron chi connectivity index (χ0n) is 19.1. The SMILES string of the molecule is CCOc1nc2nc(n1)NCc1ccc(cc1)OCC=CCOc1cc(ccc1C(=O)OC)C2. The fourth-order valence-electron chi connectivity index (χ4n) is 3.31. The minimum atomic E-state index is -0.471. The first-order valence-electron chi connectivity index (χ1n) is 11.0. The number of fused-ring (bicyclic) bond motifs is 7. The Balaban J connectivity index is 1.68. The minimum Gasteiger partial charge on any atom is -0.490 e. The lowest BCUT2D eigenvalue weighted by atomic mass is 10.1. The molecule has 1 N–H and O–H groups in total. The first-order chi connectivity index (χ1) is 16.6. The molecule has 3 heterocycles. The number of methoxy groups -OCH3 is 1. The Morgan fingerprint density at radius 1 is 1.00 bits per heavy atom. The summed E-state index contributed by atoms with van der Waals surface area (Å²) in [5, 5.41) is 3.23. The third-order valence-electron chi connectivity index (χ3n) is 4.97. The lowest BCUT2D eigenvalue weighted by Gasteiger charge is -2.12. The molecule has 5 rings (SSSR count). The maximum Gasteiger partial charge on any atom is 0.341 e. The summed E-state index contributed by atoms with van der Waals surface area (Å²) in [5.41, 5.74) is 2.26. The molecule has 0 saturated carbocycles. The van der Waals surface area contributed by atoms with Gasteiger partial charge >= 0.3 is 12.0 Å². The molecule has 0 fully saturated rings. The van der Waals surface area contributed by atoms with Gasteiger partial charge in [-0.3, -0.25) is 0 Å². The van der Waals surface area contributed by atoms with Crippen molar-refractivity contribution >= 4 is 11.9 Å². The van der Waals surface area contributed by atoms with E-state index in [0.717, 1.165) is 16.9 Å². The molecule has 0 unspecified atom stereocenters. The van der Waals surface area contributed by atoms with E-state index in [4.69, 9.17) is 18.9 Å². The number of hydrogen-bond acceptors (Lipinski definition) is 9. The number of nitrogens with one attached hydrogen (secondary N) is 1. The third-order valence-corrected chi connectivity index (χ3v) is 4.97. The monoisotopic (exact) mass is 462 g/mol. The Labute approximate surface area is 197 Å². The summed E-state index contributed by atoms with van der Waals surface area (Å²) in [7, 11) is 1.34. The lowest BCUT2D eigenvalue weighted by molar-refractivity contribution is 0.0596. The van der Waals surface area contributed by atoms with Crippen molar-refractivity contribution in [1.82, 2.24) is 15.0 Å². The third kappa shape index (κ3) is 6.00. The highest BCUT2D eigenvalue weighted by Gasteiger charge is 2.15. The van der Waals surface area contributed by atoms with Crippen molar-refractivity contribution in [2.45, 2.75) is 19.9 Å². The highest BCUT2D eigenvalue weighted by molar-refractivity contribution is 5.92. The highest BCUT2D eigenvalue weighted by Crippen LogP contribution is 2.24. The Hall–Kier alpha value is -4.14. The highest BCUT2D eigenvalue weighted by atomic mass is 16.5. The number of ether oxygens (including phenoxy) is 4. The van der Waals surface area contributed by atoms with Crippen LogP contribution in [-0.2, 0) is 17.7 Å². The average Bonchev–Trinajstić information content (AvgIpc) is 2.85. The summed E-state index contributed by atoms with van der Waals surface area (Å²) < 4.78 is 22.0. The van der Waals surface area contributed by atoms with Gasteiger partial charge < -0.3 is 24.3 Å². The Morgan fingerprint density at radius 2 is 1.76 bits per heavy atom. The van der Waals surface area contributed by atoms with Gasteiger partial charge in [0.05, 0.1) is 13.7 Å². The van der Waals surface area contributed by atoms with Crippen LogP contribution in [0.3, 0.4) is 0 Å². The Kier molecular flexibility index (Phi) is 7.54. The quantitative estimate of drug-likeness (QED) is 0.462. The van der Waals surface area contributed by atoms with Gasteiger partial charge in [-0.05, 0) is 54.5 Å². The first kappa shape index (κ1) is 23.0. The molecule has 0 amide bonds. The lowest BCUT2D eigenvalue weighted by Crippen LogP contribution is -2.10. The molecule has 1 aromatic heterocycles. The number of hydrogen-bond donors (Lipinski definition) is 1. The second kappa shape index (κ2) is 11.1. The van der Waals surface area contributed by atoms with E-state index >= 15 is 0 Å². The predicted octanol–water partition coefficient (Wildman–Crippen LogP) is 3.59. The number of carbonyl (C=O) groups is 1. The van der Waals surface area contributed by atoms with Crippen molar-refractivity contribution in [3.05, 3.63) is 77.1 Å². The zero-order valence-corrected chi connectivity index (χ0v) is 19.1. The van der Waals surface area contributed by atoms with Crippen LogP contribution in [-0.4, -0.2) is 47.9 Å². The van der Waals surface area contributed by atoms with Crippen LogP contribution >= 0.6 is 0 Å². The van der Waals surface area contributed by atoms with Gasteiger partial charge in [-0.25, -0.2) is 4.79 Å². The number of carbonyl (C=O) groups excluding carboxylic acids is 1. The summed E-state index contributed by atoms with van der Waals surface area (Å²) in [5.74, 6) is 1.65. The van der Waals surface area contributed by atoms with E-state index in [9.17, 15) is 4.79 Å². The van der Waals surface area contributed by atoms with E-state index in [2.05, 4.69) is 20.3 Å². The fourth-order valence-corrected chi connectivity index (χ4v) is 3.31. The fraction of sp³-hybridized carbons (Fsp3) is 0.280. The normalized spacial score (nSPS) is 13.4. The predicted molar refractivity (Wildman–Crippen MR) is 125 cm³/mol. The summed E-state index contributed by atoms with van der Waals surface area (Å²) >= 11 is 0. The molecule has 0 spiro atoms. The van der Waals surface area contributed by atoms with Crippen LogP contribution in [0.15, 0.2) is 54.6 Å².